The summed E-state index contributed by atoms with van der Waals surface area (Å²) in [6.45, 7) is 1.91. The van der Waals surface area contributed by atoms with Crippen LogP contribution >= 0.6 is 39.1 Å². The summed E-state index contributed by atoms with van der Waals surface area (Å²) in [5, 5.41) is 3.32. The van der Waals surface area contributed by atoms with E-state index in [2.05, 4.69) is 21.2 Å². The Bertz CT molecular complexity index is 1410. The molecule has 0 saturated heterocycles. The second kappa shape index (κ2) is 14.2. The van der Waals surface area contributed by atoms with Crippen molar-refractivity contribution in [1.82, 2.24) is 10.2 Å². The van der Waals surface area contributed by atoms with Crippen molar-refractivity contribution >= 4 is 66.7 Å². The van der Waals surface area contributed by atoms with Crippen LogP contribution in [0.5, 0.6) is 0 Å². The normalized spacial score (nSPS) is 12.0. The Labute approximate surface area is 248 Å². The van der Waals surface area contributed by atoms with Crippen molar-refractivity contribution in [3.8, 4) is 0 Å². The number of anilines is 1. The molecule has 7 nitrogen and oxygen atoms in total. The summed E-state index contributed by atoms with van der Waals surface area (Å²) in [4.78, 5) is 28.9. The highest BCUT2D eigenvalue weighted by atomic mass is 79.9. The predicted octanol–water partition coefficient (Wildman–Crippen LogP) is 5.69. The maximum absolute atomic E-state index is 14.0. The second-order valence-corrected chi connectivity index (χ2v) is 12.7. The number of carbonyl (C=O) groups excluding carboxylic acids is 2. The lowest BCUT2D eigenvalue weighted by molar-refractivity contribution is -0.140. The maximum atomic E-state index is 14.0. The minimum atomic E-state index is -3.93. The van der Waals surface area contributed by atoms with Crippen molar-refractivity contribution in [2.45, 2.75) is 32.4 Å². The molecular formula is C28H30BrCl2N3O4S. The molecule has 0 aliphatic heterocycles. The van der Waals surface area contributed by atoms with E-state index in [-0.39, 0.29) is 29.6 Å². The second-order valence-electron chi connectivity index (χ2n) is 9.01. The van der Waals surface area contributed by atoms with Crippen LogP contribution in [0.4, 0.5) is 5.69 Å². The fourth-order valence-electron chi connectivity index (χ4n) is 4.03. The Morgan fingerprint density at radius 3 is 2.28 bits per heavy atom. The molecule has 0 radical (unpaired) electrons. The van der Waals surface area contributed by atoms with Gasteiger partial charge in [-0.1, -0.05) is 88.5 Å². The molecule has 208 valence electrons. The number of benzene rings is 3. The third-order valence-corrected chi connectivity index (χ3v) is 8.08. The molecule has 1 N–H and O–H groups in total. The van der Waals surface area contributed by atoms with E-state index < -0.39 is 28.5 Å². The van der Waals surface area contributed by atoms with E-state index in [4.69, 9.17) is 23.2 Å². The average molecular weight is 655 g/mol. The molecule has 3 aromatic carbocycles. The minimum Gasteiger partial charge on any atom is -0.354 e. The van der Waals surface area contributed by atoms with Crippen LogP contribution in [0.2, 0.25) is 10.0 Å². The van der Waals surface area contributed by atoms with E-state index in [1.165, 1.54) is 23.1 Å². The quantitative estimate of drug-likeness (QED) is 0.272. The largest absolute Gasteiger partial charge is 0.354 e. The summed E-state index contributed by atoms with van der Waals surface area (Å²) in [5.41, 5.74) is 1.76. The fraction of sp³-hybridized carbons (Fsp3) is 0.286. The number of nitrogens with zero attached hydrogens (tertiary/aromatic N) is 2. The molecule has 39 heavy (non-hydrogen) atoms. The SMILES string of the molecule is CCCNC(=O)C(Cc1ccccc1)N(Cc1cccc(Br)c1)C(=O)CN(c1ccc(Cl)cc1Cl)S(C)(=O)=O. The maximum Gasteiger partial charge on any atom is 0.244 e. The van der Waals surface area contributed by atoms with Crippen LogP contribution in [0.3, 0.4) is 0 Å². The lowest BCUT2D eigenvalue weighted by Crippen LogP contribution is -2.53. The third kappa shape index (κ3) is 8.96. The van der Waals surface area contributed by atoms with Gasteiger partial charge in [-0.25, -0.2) is 8.42 Å². The van der Waals surface area contributed by atoms with Crippen LogP contribution in [-0.4, -0.2) is 50.5 Å². The monoisotopic (exact) mass is 653 g/mol. The van der Waals surface area contributed by atoms with Gasteiger partial charge >= 0.3 is 0 Å². The number of nitrogens with one attached hydrogen (secondary N) is 1. The van der Waals surface area contributed by atoms with Gasteiger partial charge in [0, 0.05) is 29.0 Å². The first-order valence-corrected chi connectivity index (χ1v) is 15.7. The van der Waals surface area contributed by atoms with E-state index >= 15 is 0 Å². The third-order valence-electron chi connectivity index (χ3n) is 5.92. The van der Waals surface area contributed by atoms with Gasteiger partial charge in [0.05, 0.1) is 17.0 Å². The van der Waals surface area contributed by atoms with Crippen molar-refractivity contribution in [2.75, 3.05) is 23.7 Å². The summed E-state index contributed by atoms with van der Waals surface area (Å²) in [5.74, 6) is -0.876. The van der Waals surface area contributed by atoms with Crippen molar-refractivity contribution < 1.29 is 18.0 Å². The van der Waals surface area contributed by atoms with Gasteiger partial charge < -0.3 is 10.2 Å². The van der Waals surface area contributed by atoms with Crippen molar-refractivity contribution in [2.24, 2.45) is 0 Å². The molecule has 11 heteroatoms. The van der Waals surface area contributed by atoms with Gasteiger partial charge in [-0.05, 0) is 47.9 Å². The van der Waals surface area contributed by atoms with E-state index in [9.17, 15) is 18.0 Å². The number of carbonyl (C=O) groups is 2. The van der Waals surface area contributed by atoms with Gasteiger partial charge in [0.1, 0.15) is 12.6 Å². The van der Waals surface area contributed by atoms with Gasteiger partial charge in [-0.15, -0.1) is 0 Å². The smallest absolute Gasteiger partial charge is 0.244 e. The summed E-state index contributed by atoms with van der Waals surface area (Å²) in [6, 6.07) is 20.2. The van der Waals surface area contributed by atoms with Crippen LogP contribution in [0, 0.1) is 0 Å². The zero-order valence-electron chi connectivity index (χ0n) is 21.6. The Kier molecular flexibility index (Phi) is 11.2. The molecule has 0 saturated carbocycles. The zero-order chi connectivity index (χ0) is 28.6. The van der Waals surface area contributed by atoms with Gasteiger partial charge in [0.15, 0.2) is 0 Å². The molecule has 3 rings (SSSR count). The van der Waals surface area contributed by atoms with Crippen LogP contribution in [0.25, 0.3) is 0 Å². The number of hydrogen-bond acceptors (Lipinski definition) is 4. The number of sulfonamides is 1. The molecule has 2 amide bonds. The van der Waals surface area contributed by atoms with Crippen LogP contribution in [-0.2, 0) is 32.6 Å². The highest BCUT2D eigenvalue weighted by molar-refractivity contribution is 9.10. The molecular weight excluding hydrogens is 625 g/mol. The number of hydrogen-bond donors (Lipinski definition) is 1. The first-order chi connectivity index (χ1) is 18.5. The number of halogens is 3. The molecule has 3 aromatic rings. The van der Waals surface area contributed by atoms with E-state index in [1.807, 2.05) is 61.5 Å². The Morgan fingerprint density at radius 1 is 0.974 bits per heavy atom. The standard InChI is InChI=1S/C28H30BrCl2N3O4S/c1-3-14-32-28(36)26(16-20-8-5-4-6-9-20)33(18-21-10-7-11-22(29)15-21)27(35)19-34(39(2,37)38)25-13-12-23(30)17-24(25)31/h4-13,15,17,26H,3,14,16,18-19H2,1-2H3,(H,32,36). The number of rotatable bonds is 12. The molecule has 0 aliphatic rings. The first kappa shape index (κ1) is 30.9. The lowest BCUT2D eigenvalue weighted by atomic mass is 10.0. The zero-order valence-corrected chi connectivity index (χ0v) is 25.5. The van der Waals surface area contributed by atoms with Crippen LogP contribution < -0.4 is 9.62 Å². The fourth-order valence-corrected chi connectivity index (χ4v) is 5.90. The lowest BCUT2D eigenvalue weighted by Gasteiger charge is -2.33. The Hall–Kier alpha value is -2.59. The van der Waals surface area contributed by atoms with Gasteiger partial charge in [-0.2, -0.15) is 0 Å². The van der Waals surface area contributed by atoms with Gasteiger partial charge in [0.25, 0.3) is 0 Å². The molecule has 0 fully saturated rings. The van der Waals surface area contributed by atoms with E-state index in [0.717, 1.165) is 32.6 Å². The topological polar surface area (TPSA) is 86.8 Å². The van der Waals surface area contributed by atoms with Crippen molar-refractivity contribution in [3.63, 3.8) is 0 Å². The summed E-state index contributed by atoms with van der Waals surface area (Å²) >= 11 is 15.8. The molecule has 1 atom stereocenters. The molecule has 0 heterocycles. The average Bonchev–Trinajstić information content (AvgIpc) is 2.88. The summed E-state index contributed by atoms with van der Waals surface area (Å²) < 4.78 is 27.4. The highest BCUT2D eigenvalue weighted by Crippen LogP contribution is 2.30. The molecule has 0 aliphatic carbocycles. The molecule has 1 unspecified atom stereocenters. The van der Waals surface area contributed by atoms with Crippen molar-refractivity contribution in [3.05, 3.63) is 98.4 Å². The van der Waals surface area contributed by atoms with Crippen LogP contribution in [0.1, 0.15) is 24.5 Å². The van der Waals surface area contributed by atoms with Crippen molar-refractivity contribution in [1.29, 1.82) is 0 Å². The summed E-state index contributed by atoms with van der Waals surface area (Å²) in [7, 11) is -3.93. The predicted molar refractivity (Wildman–Crippen MR) is 161 cm³/mol. The van der Waals surface area contributed by atoms with Gasteiger partial charge in [-0.3, -0.25) is 13.9 Å². The highest BCUT2D eigenvalue weighted by Gasteiger charge is 2.33. The summed E-state index contributed by atoms with van der Waals surface area (Å²) in [6.07, 6.45) is 1.97. The van der Waals surface area contributed by atoms with Crippen LogP contribution in [0.15, 0.2) is 77.3 Å². The first-order valence-electron chi connectivity index (χ1n) is 12.3. The molecule has 0 spiro atoms. The minimum absolute atomic E-state index is 0.0841. The Balaban J connectivity index is 2.06. The molecule has 0 bridgehead atoms. The Morgan fingerprint density at radius 2 is 1.67 bits per heavy atom. The van der Waals surface area contributed by atoms with Gasteiger partial charge in [0.2, 0.25) is 21.8 Å². The molecule has 0 aromatic heterocycles. The van der Waals surface area contributed by atoms with E-state index in [1.54, 1.807) is 0 Å². The van der Waals surface area contributed by atoms with E-state index in [0.29, 0.717) is 11.6 Å². The number of amides is 2.